The third kappa shape index (κ3) is 2.43. The highest BCUT2D eigenvalue weighted by atomic mass is 16.5. The van der Waals surface area contributed by atoms with Crippen LogP contribution in [0.4, 0.5) is 0 Å². The van der Waals surface area contributed by atoms with Gasteiger partial charge in [-0.2, -0.15) is 0 Å². The number of rotatable bonds is 4. The Hall–Kier alpha value is -3.54. The van der Waals surface area contributed by atoms with E-state index in [4.69, 9.17) is 9.47 Å². The highest BCUT2D eigenvalue weighted by Crippen LogP contribution is 2.32. The van der Waals surface area contributed by atoms with Crippen LogP contribution in [0.15, 0.2) is 48.7 Å². The van der Waals surface area contributed by atoms with E-state index in [-0.39, 0.29) is 17.1 Å². The van der Waals surface area contributed by atoms with Crippen molar-refractivity contribution in [2.45, 2.75) is 0 Å². The lowest BCUT2D eigenvalue weighted by molar-refractivity contribution is 0.103. The van der Waals surface area contributed by atoms with E-state index >= 15 is 0 Å². The van der Waals surface area contributed by atoms with E-state index in [1.54, 1.807) is 19.2 Å². The molecule has 26 heavy (non-hydrogen) atoms. The summed E-state index contributed by atoms with van der Waals surface area (Å²) in [6.07, 6.45) is 1.49. The molecule has 2 heterocycles. The first-order valence-electron chi connectivity index (χ1n) is 7.98. The van der Waals surface area contributed by atoms with Crippen molar-refractivity contribution in [2.75, 3.05) is 14.2 Å². The van der Waals surface area contributed by atoms with Crippen molar-refractivity contribution >= 4 is 27.7 Å². The van der Waals surface area contributed by atoms with E-state index in [1.165, 1.54) is 25.4 Å². The predicted octanol–water partition coefficient (Wildman–Crippen LogP) is 3.67. The summed E-state index contributed by atoms with van der Waals surface area (Å²) in [6.45, 7) is 0. The maximum absolute atomic E-state index is 12.9. The Bertz CT molecular complexity index is 1150. The van der Waals surface area contributed by atoms with E-state index < -0.39 is 0 Å². The molecule has 130 valence electrons. The lowest BCUT2D eigenvalue weighted by Crippen LogP contribution is -2.03. The topological polar surface area (TPSA) is 84.4 Å². The minimum absolute atomic E-state index is 0.100. The SMILES string of the molecule is COc1ccc(O)c(C(=O)c2cnc3[nH]c4c(OC)cccc4c3c2)c1. The quantitative estimate of drug-likeness (QED) is 0.550. The fourth-order valence-electron chi connectivity index (χ4n) is 3.05. The van der Waals surface area contributed by atoms with Gasteiger partial charge in [0.15, 0.2) is 5.78 Å². The molecule has 0 aliphatic heterocycles. The van der Waals surface area contributed by atoms with Crippen molar-refractivity contribution in [1.29, 1.82) is 0 Å². The maximum atomic E-state index is 12.9. The lowest BCUT2D eigenvalue weighted by atomic mass is 10.0. The number of nitrogens with zero attached hydrogens (tertiary/aromatic N) is 1. The van der Waals surface area contributed by atoms with E-state index in [9.17, 15) is 9.90 Å². The Morgan fingerprint density at radius 3 is 2.69 bits per heavy atom. The molecule has 0 bridgehead atoms. The van der Waals surface area contributed by atoms with Gasteiger partial charge in [0.25, 0.3) is 0 Å². The van der Waals surface area contributed by atoms with Crippen LogP contribution in [-0.4, -0.2) is 35.1 Å². The number of nitrogens with one attached hydrogen (secondary N) is 1. The molecule has 2 N–H and O–H groups in total. The number of aromatic hydroxyl groups is 1. The Labute approximate surface area is 149 Å². The number of ether oxygens (including phenoxy) is 2. The molecule has 0 radical (unpaired) electrons. The van der Waals surface area contributed by atoms with Crippen molar-refractivity contribution in [3.8, 4) is 17.2 Å². The Morgan fingerprint density at radius 1 is 1.08 bits per heavy atom. The first-order valence-corrected chi connectivity index (χ1v) is 7.98. The van der Waals surface area contributed by atoms with Crippen LogP contribution in [0.5, 0.6) is 17.2 Å². The highest BCUT2D eigenvalue weighted by Gasteiger charge is 2.17. The van der Waals surface area contributed by atoms with E-state index in [0.29, 0.717) is 22.7 Å². The summed E-state index contributed by atoms with van der Waals surface area (Å²) < 4.78 is 10.5. The number of phenolic OH excluding ortho intramolecular Hbond substituents is 1. The Morgan fingerprint density at radius 2 is 1.92 bits per heavy atom. The number of pyridine rings is 1. The number of methoxy groups -OCH3 is 2. The average molecular weight is 348 g/mol. The molecule has 4 rings (SSSR count). The zero-order valence-corrected chi connectivity index (χ0v) is 14.2. The number of benzene rings is 2. The second kappa shape index (κ2) is 6.07. The molecule has 0 spiro atoms. The zero-order valence-electron chi connectivity index (χ0n) is 14.2. The number of fused-ring (bicyclic) bond motifs is 3. The Kier molecular flexibility index (Phi) is 3.73. The summed E-state index contributed by atoms with van der Waals surface area (Å²) in [7, 11) is 3.11. The summed E-state index contributed by atoms with van der Waals surface area (Å²) in [5.74, 6) is 0.778. The van der Waals surface area contributed by atoms with Gasteiger partial charge in [0, 0.05) is 22.5 Å². The molecule has 2 aromatic carbocycles. The van der Waals surface area contributed by atoms with Crippen molar-refractivity contribution < 1.29 is 19.4 Å². The predicted molar refractivity (Wildman–Crippen MR) is 98.2 cm³/mol. The number of hydrogen-bond acceptors (Lipinski definition) is 5. The van der Waals surface area contributed by atoms with Crippen LogP contribution in [0.25, 0.3) is 21.9 Å². The molecule has 0 saturated heterocycles. The number of para-hydroxylation sites is 1. The molecule has 6 heteroatoms. The first-order chi connectivity index (χ1) is 12.6. The molecular formula is C20H16N2O4. The molecule has 2 aromatic heterocycles. The number of aromatic nitrogens is 2. The first kappa shape index (κ1) is 16.0. The molecule has 0 fully saturated rings. The lowest BCUT2D eigenvalue weighted by Gasteiger charge is -2.06. The number of H-pyrrole nitrogens is 1. The zero-order chi connectivity index (χ0) is 18.3. The van der Waals surface area contributed by atoms with E-state index in [2.05, 4.69) is 9.97 Å². The van der Waals surface area contributed by atoms with Crippen LogP contribution in [-0.2, 0) is 0 Å². The fourth-order valence-corrected chi connectivity index (χ4v) is 3.05. The molecule has 6 nitrogen and oxygen atoms in total. The van der Waals surface area contributed by atoms with Gasteiger partial charge in [-0.05, 0) is 30.3 Å². The molecule has 0 aliphatic rings. The summed E-state index contributed by atoms with van der Waals surface area (Å²) >= 11 is 0. The standard InChI is InChI=1S/C20H16N2O4/c1-25-12-6-7-16(23)15(9-12)19(24)11-8-14-13-4-3-5-17(26-2)18(13)22-20(14)21-10-11/h3-10,23H,1-2H3,(H,21,22). The van der Waals surface area contributed by atoms with E-state index in [1.807, 2.05) is 18.2 Å². The molecule has 0 amide bonds. The fraction of sp³-hybridized carbons (Fsp3) is 0.100. The summed E-state index contributed by atoms with van der Waals surface area (Å²) in [6, 6.07) is 12.0. The summed E-state index contributed by atoms with van der Waals surface area (Å²) in [5, 5.41) is 11.8. The minimum Gasteiger partial charge on any atom is -0.507 e. The molecule has 4 aromatic rings. The number of hydrogen-bond donors (Lipinski definition) is 2. The third-order valence-electron chi connectivity index (χ3n) is 4.38. The Balaban J connectivity index is 1.87. The van der Waals surface area contributed by atoms with Crippen LogP contribution in [0.2, 0.25) is 0 Å². The van der Waals surface area contributed by atoms with Gasteiger partial charge < -0.3 is 19.6 Å². The van der Waals surface area contributed by atoms with Gasteiger partial charge >= 0.3 is 0 Å². The van der Waals surface area contributed by atoms with Gasteiger partial charge in [-0.15, -0.1) is 0 Å². The second-order valence-corrected chi connectivity index (χ2v) is 5.84. The van der Waals surface area contributed by atoms with Crippen molar-refractivity contribution in [3.05, 3.63) is 59.8 Å². The van der Waals surface area contributed by atoms with Crippen molar-refractivity contribution in [2.24, 2.45) is 0 Å². The summed E-state index contributed by atoms with van der Waals surface area (Å²) in [4.78, 5) is 20.5. The smallest absolute Gasteiger partial charge is 0.198 e. The van der Waals surface area contributed by atoms with Gasteiger partial charge in [0.1, 0.15) is 22.9 Å². The number of ketones is 1. The van der Waals surface area contributed by atoms with Gasteiger partial charge in [-0.25, -0.2) is 4.98 Å². The number of carbonyl (C=O) groups excluding carboxylic acids is 1. The van der Waals surface area contributed by atoms with Crippen molar-refractivity contribution in [3.63, 3.8) is 0 Å². The molecule has 0 atom stereocenters. The normalized spacial score (nSPS) is 11.0. The van der Waals surface area contributed by atoms with Gasteiger partial charge in [-0.3, -0.25) is 4.79 Å². The van der Waals surface area contributed by atoms with Gasteiger partial charge in [0.2, 0.25) is 0 Å². The van der Waals surface area contributed by atoms with E-state index in [0.717, 1.165) is 16.3 Å². The largest absolute Gasteiger partial charge is 0.507 e. The molecule has 0 saturated carbocycles. The van der Waals surface area contributed by atoms with Gasteiger partial charge in [0.05, 0.1) is 25.3 Å². The van der Waals surface area contributed by atoms with Crippen molar-refractivity contribution in [1.82, 2.24) is 9.97 Å². The second-order valence-electron chi connectivity index (χ2n) is 5.84. The van der Waals surface area contributed by atoms with Gasteiger partial charge in [-0.1, -0.05) is 12.1 Å². The molecular weight excluding hydrogens is 332 g/mol. The van der Waals surface area contributed by atoms with Crippen LogP contribution < -0.4 is 9.47 Å². The van der Waals surface area contributed by atoms with Crippen LogP contribution in [0.1, 0.15) is 15.9 Å². The highest BCUT2D eigenvalue weighted by molar-refractivity contribution is 6.15. The molecule has 0 unspecified atom stereocenters. The maximum Gasteiger partial charge on any atom is 0.198 e. The van der Waals surface area contributed by atoms with Crippen LogP contribution in [0, 0.1) is 0 Å². The van der Waals surface area contributed by atoms with Crippen LogP contribution >= 0.6 is 0 Å². The number of carbonyl (C=O) groups is 1. The van der Waals surface area contributed by atoms with Crippen LogP contribution in [0.3, 0.4) is 0 Å². The third-order valence-corrected chi connectivity index (χ3v) is 4.38. The summed E-state index contributed by atoms with van der Waals surface area (Å²) in [5.41, 5.74) is 2.04. The molecule has 0 aliphatic carbocycles. The number of phenols is 1. The monoisotopic (exact) mass is 348 g/mol. The average Bonchev–Trinajstić information content (AvgIpc) is 3.05. The minimum atomic E-state index is -0.326. The number of aromatic amines is 1.